The zero-order chi connectivity index (χ0) is 18.5. The van der Waals surface area contributed by atoms with E-state index in [9.17, 15) is 14.7 Å². The van der Waals surface area contributed by atoms with Gasteiger partial charge in [0.25, 0.3) is 0 Å². The third kappa shape index (κ3) is 2.30. The van der Waals surface area contributed by atoms with Gasteiger partial charge in [0.05, 0.1) is 23.7 Å². The van der Waals surface area contributed by atoms with Crippen LogP contribution in [0.2, 0.25) is 0 Å². The topological polar surface area (TPSA) is 108 Å². The summed E-state index contributed by atoms with van der Waals surface area (Å²) in [6.07, 6.45) is 2.56. The van der Waals surface area contributed by atoms with Crippen molar-refractivity contribution in [2.24, 2.45) is 29.4 Å². The fourth-order valence-electron chi connectivity index (χ4n) is 7.43. The second-order valence-corrected chi connectivity index (χ2v) is 9.92. The van der Waals surface area contributed by atoms with Crippen molar-refractivity contribution < 1.29 is 19.4 Å². The van der Waals surface area contributed by atoms with Gasteiger partial charge < -0.3 is 30.7 Å². The summed E-state index contributed by atoms with van der Waals surface area (Å²) in [6, 6.07) is -0.131. The van der Waals surface area contributed by atoms with Gasteiger partial charge in [0.2, 0.25) is 11.8 Å². The monoisotopic (exact) mass is 376 g/mol. The van der Waals surface area contributed by atoms with Crippen LogP contribution >= 0.6 is 0 Å². The van der Waals surface area contributed by atoms with Gasteiger partial charge in [-0.2, -0.15) is 0 Å². The number of aliphatic hydroxyl groups excluding tert-OH is 1. The Morgan fingerprint density at radius 1 is 1.30 bits per heavy atom. The predicted octanol–water partition coefficient (Wildman–Crippen LogP) is -1.52. The van der Waals surface area contributed by atoms with Crippen molar-refractivity contribution in [1.82, 2.24) is 15.1 Å². The van der Waals surface area contributed by atoms with E-state index in [0.717, 1.165) is 32.5 Å². The van der Waals surface area contributed by atoms with Crippen molar-refractivity contribution >= 4 is 11.8 Å². The largest absolute Gasteiger partial charge is 0.373 e. The fourth-order valence-corrected chi connectivity index (χ4v) is 7.43. The highest BCUT2D eigenvalue weighted by atomic mass is 16.5. The van der Waals surface area contributed by atoms with Gasteiger partial charge in [-0.05, 0) is 37.5 Å². The van der Waals surface area contributed by atoms with Gasteiger partial charge in [0, 0.05) is 31.6 Å². The number of aliphatic hydroxyl groups is 1. The zero-order valence-electron chi connectivity index (χ0n) is 15.4. The molecule has 27 heavy (non-hydrogen) atoms. The van der Waals surface area contributed by atoms with E-state index >= 15 is 0 Å². The molecule has 7 aliphatic rings. The van der Waals surface area contributed by atoms with Gasteiger partial charge in [0.1, 0.15) is 12.8 Å². The van der Waals surface area contributed by atoms with Crippen molar-refractivity contribution in [1.29, 1.82) is 0 Å². The molecule has 0 aromatic rings. The van der Waals surface area contributed by atoms with Gasteiger partial charge in [0.15, 0.2) is 0 Å². The van der Waals surface area contributed by atoms with Crippen LogP contribution in [-0.4, -0.2) is 82.9 Å². The number of nitrogens with zero attached hydrogens (tertiary/aromatic N) is 2. The number of piperidine rings is 3. The first-order valence-electron chi connectivity index (χ1n) is 10.4. The molecule has 8 heteroatoms. The second-order valence-electron chi connectivity index (χ2n) is 9.92. The van der Waals surface area contributed by atoms with Gasteiger partial charge >= 0.3 is 0 Å². The van der Waals surface area contributed by atoms with Gasteiger partial charge in [-0.1, -0.05) is 0 Å². The number of rotatable bonds is 3. The number of carbonyl (C=O) groups excluding carboxylic acids is 2. The molecule has 6 aliphatic heterocycles. The Balaban J connectivity index is 1.16. The van der Waals surface area contributed by atoms with E-state index in [-0.39, 0.29) is 54.0 Å². The normalized spacial score (nSPS) is 54.7. The molecular weight excluding hydrogens is 348 g/mol. The third-order valence-electron chi connectivity index (χ3n) is 7.99. The Kier molecular flexibility index (Phi) is 3.36. The van der Waals surface area contributed by atoms with Crippen molar-refractivity contribution in [2.45, 2.75) is 55.7 Å². The Morgan fingerprint density at radius 2 is 2.04 bits per heavy atom. The molecule has 10 atom stereocenters. The van der Waals surface area contributed by atoms with E-state index in [0.29, 0.717) is 18.3 Å². The smallest absolute Gasteiger partial charge is 0.240 e. The number of likely N-dealkylation sites (tertiary alicyclic amines) is 1. The molecule has 1 aliphatic carbocycles. The maximum absolute atomic E-state index is 12.9. The summed E-state index contributed by atoms with van der Waals surface area (Å²) in [7, 11) is 0. The first kappa shape index (κ1) is 16.7. The van der Waals surface area contributed by atoms with Crippen LogP contribution in [0.25, 0.3) is 0 Å². The van der Waals surface area contributed by atoms with Crippen molar-refractivity contribution in [2.75, 3.05) is 26.2 Å². The molecule has 148 valence electrons. The number of hydrogen-bond acceptors (Lipinski definition) is 6. The number of carbonyl (C=O) groups is 2. The Labute approximate surface area is 158 Å². The van der Waals surface area contributed by atoms with Gasteiger partial charge in [-0.3, -0.25) is 9.59 Å². The summed E-state index contributed by atoms with van der Waals surface area (Å²) in [6.45, 7) is 3.16. The van der Waals surface area contributed by atoms with Crippen LogP contribution in [0.3, 0.4) is 0 Å². The maximum atomic E-state index is 12.9. The van der Waals surface area contributed by atoms with E-state index < -0.39 is 6.23 Å². The number of amides is 2. The van der Waals surface area contributed by atoms with Crippen LogP contribution in [0.4, 0.5) is 0 Å². The van der Waals surface area contributed by atoms with E-state index in [1.165, 1.54) is 11.3 Å². The van der Waals surface area contributed by atoms with E-state index in [2.05, 4.69) is 10.2 Å². The summed E-state index contributed by atoms with van der Waals surface area (Å²) in [5.41, 5.74) is 5.93. The fraction of sp³-hybridized carbons (Fsp3) is 0.895. The molecule has 7 fully saturated rings. The van der Waals surface area contributed by atoms with E-state index in [1.54, 1.807) is 0 Å². The minimum absolute atomic E-state index is 0.0707. The lowest BCUT2D eigenvalue weighted by Gasteiger charge is -2.58. The molecule has 7 rings (SSSR count). The number of nitrogens with two attached hydrogens (primary N) is 1. The van der Waals surface area contributed by atoms with Crippen LogP contribution in [-0.2, 0) is 14.3 Å². The lowest BCUT2D eigenvalue weighted by molar-refractivity contribution is -0.145. The van der Waals surface area contributed by atoms with Crippen LogP contribution in [0, 0.1) is 23.7 Å². The van der Waals surface area contributed by atoms with E-state index in [4.69, 9.17) is 10.5 Å². The highest BCUT2D eigenvalue weighted by Crippen LogP contribution is 2.50. The lowest BCUT2D eigenvalue weighted by Crippen LogP contribution is -2.69. The van der Waals surface area contributed by atoms with Crippen LogP contribution in [0.15, 0.2) is 0 Å². The number of nitrogens with one attached hydrogen (secondary N) is 1. The molecule has 0 radical (unpaired) electrons. The average Bonchev–Trinajstić information content (AvgIpc) is 3.20. The summed E-state index contributed by atoms with van der Waals surface area (Å²) in [5, 5.41) is 14.0. The molecule has 2 amide bonds. The molecule has 6 saturated heterocycles. The molecule has 6 unspecified atom stereocenters. The molecular formula is C19H28N4O4. The van der Waals surface area contributed by atoms with E-state index in [1.807, 2.05) is 0 Å². The maximum Gasteiger partial charge on any atom is 0.240 e. The van der Waals surface area contributed by atoms with Crippen LogP contribution < -0.4 is 11.1 Å². The Morgan fingerprint density at radius 3 is 2.74 bits per heavy atom. The quantitative estimate of drug-likeness (QED) is 0.552. The highest BCUT2D eigenvalue weighted by Gasteiger charge is 2.64. The Hall–Kier alpha value is -1.22. The zero-order valence-corrected chi connectivity index (χ0v) is 15.4. The molecule has 0 spiro atoms. The minimum Gasteiger partial charge on any atom is -0.373 e. The predicted molar refractivity (Wildman–Crippen MR) is 94.1 cm³/mol. The summed E-state index contributed by atoms with van der Waals surface area (Å²) in [5.74, 6) is 0.408. The molecule has 0 aromatic carbocycles. The number of hydrogen-bond donors (Lipinski definition) is 3. The molecule has 4 N–H and O–H groups in total. The standard InChI is InChI=1S/C19H28N4O4/c20-11-2-12-14-15(16(11)27-12)18(26)23(17(14)25)7-13(24)21-19-3-9-1-10(4-19)6-22(5-9)8-19/h9-12,14-16,18,26H,1-8,20H2,(H,21,24)/t9-,10+,11?,12?,14?,15?,16?,18?,19+. The van der Waals surface area contributed by atoms with Crippen molar-refractivity contribution in [3.63, 3.8) is 0 Å². The van der Waals surface area contributed by atoms with Crippen LogP contribution in [0.5, 0.6) is 0 Å². The van der Waals surface area contributed by atoms with Crippen molar-refractivity contribution in [3.8, 4) is 0 Å². The number of ether oxygens (including phenoxy) is 1. The molecule has 6 heterocycles. The molecule has 6 bridgehead atoms. The summed E-state index contributed by atoms with van der Waals surface area (Å²) >= 11 is 0. The Bertz CT molecular complexity index is 664. The summed E-state index contributed by atoms with van der Waals surface area (Å²) in [4.78, 5) is 29.5. The first-order valence-corrected chi connectivity index (χ1v) is 10.4. The SMILES string of the molecule is NC1CC2OC1C1C2C(=O)N(CC(=O)N[C@@]23C[C@@H]4C[C@@H](C[N@](C4)C2)C3)C1O. The van der Waals surface area contributed by atoms with Crippen LogP contribution in [0.1, 0.15) is 25.7 Å². The van der Waals surface area contributed by atoms with Crippen molar-refractivity contribution in [3.05, 3.63) is 0 Å². The second kappa shape index (κ2) is 5.43. The first-order chi connectivity index (χ1) is 12.9. The highest BCUT2D eigenvalue weighted by molar-refractivity contribution is 5.89. The van der Waals surface area contributed by atoms with Gasteiger partial charge in [-0.25, -0.2) is 0 Å². The third-order valence-corrected chi connectivity index (χ3v) is 7.99. The minimum atomic E-state index is -0.977. The van der Waals surface area contributed by atoms with Gasteiger partial charge in [-0.15, -0.1) is 0 Å². The lowest BCUT2D eigenvalue weighted by atomic mass is 9.64. The molecule has 1 saturated carbocycles. The average molecular weight is 376 g/mol. The molecule has 8 nitrogen and oxygen atoms in total. The number of fused-ring (bicyclic) bond motifs is 5. The summed E-state index contributed by atoms with van der Waals surface area (Å²) < 4.78 is 5.80. The molecule has 0 aromatic heterocycles.